The standard InChI is InChI=1S/C12H15NO.C11H13NO/c1-2-5-10-6-3-4-7-11(10)12-13-8-9-14-12;1-2-9-5-3-4-6-10(9)11-12-7-8-13-11/h3-4,6-7H,2,5,8-9H2,1H3;3-6H,2,7-8H2,1H3. The molecule has 2 aromatic rings. The quantitative estimate of drug-likeness (QED) is 0.787. The van der Waals surface area contributed by atoms with Gasteiger partial charge in [-0.05, 0) is 36.1 Å². The summed E-state index contributed by atoms with van der Waals surface area (Å²) >= 11 is 0. The van der Waals surface area contributed by atoms with Crippen LogP contribution in [-0.2, 0) is 22.3 Å². The molecule has 4 nitrogen and oxygen atoms in total. The molecule has 0 amide bonds. The van der Waals surface area contributed by atoms with Crippen LogP contribution in [-0.4, -0.2) is 38.1 Å². The monoisotopic (exact) mass is 364 g/mol. The molecule has 2 aliphatic heterocycles. The van der Waals surface area contributed by atoms with E-state index in [2.05, 4.69) is 60.2 Å². The number of aliphatic imine (C=N–C) groups is 2. The molecule has 4 heteroatoms. The second-order valence-corrected chi connectivity index (χ2v) is 6.49. The van der Waals surface area contributed by atoms with Crippen LogP contribution in [0.1, 0.15) is 42.5 Å². The van der Waals surface area contributed by atoms with Crippen LogP contribution in [0.25, 0.3) is 0 Å². The van der Waals surface area contributed by atoms with E-state index in [1.54, 1.807) is 0 Å². The minimum atomic E-state index is 0.730. The van der Waals surface area contributed by atoms with Gasteiger partial charge in [0.1, 0.15) is 13.2 Å². The van der Waals surface area contributed by atoms with E-state index in [1.807, 2.05) is 12.1 Å². The number of nitrogens with zero attached hydrogens (tertiary/aromatic N) is 2. The molecule has 0 fully saturated rings. The van der Waals surface area contributed by atoms with Crippen molar-refractivity contribution in [2.75, 3.05) is 26.3 Å². The molecular formula is C23H28N2O2. The maximum absolute atomic E-state index is 5.48. The normalized spacial score (nSPS) is 15.2. The topological polar surface area (TPSA) is 43.2 Å². The third-order valence-electron chi connectivity index (χ3n) is 4.57. The molecule has 2 aliphatic rings. The Labute approximate surface area is 162 Å². The maximum atomic E-state index is 5.48. The number of hydrogen-bond donors (Lipinski definition) is 0. The third kappa shape index (κ3) is 4.97. The molecule has 0 radical (unpaired) electrons. The van der Waals surface area contributed by atoms with Crippen LogP contribution < -0.4 is 0 Å². The smallest absolute Gasteiger partial charge is 0.216 e. The number of rotatable bonds is 5. The molecule has 0 aliphatic carbocycles. The van der Waals surface area contributed by atoms with Gasteiger partial charge < -0.3 is 9.47 Å². The first-order valence-electron chi connectivity index (χ1n) is 9.84. The van der Waals surface area contributed by atoms with E-state index >= 15 is 0 Å². The summed E-state index contributed by atoms with van der Waals surface area (Å²) < 4.78 is 10.9. The summed E-state index contributed by atoms with van der Waals surface area (Å²) in [5.41, 5.74) is 4.98. The lowest BCUT2D eigenvalue weighted by molar-refractivity contribution is 0.348. The van der Waals surface area contributed by atoms with Crippen molar-refractivity contribution in [2.45, 2.75) is 33.1 Å². The maximum Gasteiger partial charge on any atom is 0.216 e. The van der Waals surface area contributed by atoms with Crippen LogP contribution >= 0.6 is 0 Å². The Kier molecular flexibility index (Phi) is 7.03. The summed E-state index contributed by atoms with van der Waals surface area (Å²) in [6.07, 6.45) is 3.28. The van der Waals surface area contributed by atoms with Crippen molar-refractivity contribution in [3.8, 4) is 0 Å². The molecule has 2 aromatic carbocycles. The Morgan fingerprint density at radius 2 is 1.26 bits per heavy atom. The second kappa shape index (κ2) is 9.91. The highest BCUT2D eigenvalue weighted by Gasteiger charge is 2.13. The highest BCUT2D eigenvalue weighted by atomic mass is 16.5. The van der Waals surface area contributed by atoms with Gasteiger partial charge >= 0.3 is 0 Å². The van der Waals surface area contributed by atoms with E-state index in [-0.39, 0.29) is 0 Å². The summed E-state index contributed by atoms with van der Waals surface area (Å²) in [5.74, 6) is 1.64. The molecule has 0 spiro atoms. The van der Waals surface area contributed by atoms with Gasteiger partial charge in [-0.25, -0.2) is 9.98 Å². The molecule has 4 rings (SSSR count). The predicted molar refractivity (Wildman–Crippen MR) is 111 cm³/mol. The molecule has 0 bridgehead atoms. The number of aryl methyl sites for hydroxylation is 2. The van der Waals surface area contributed by atoms with E-state index in [4.69, 9.17) is 9.47 Å². The van der Waals surface area contributed by atoms with Crippen LogP contribution in [0.2, 0.25) is 0 Å². The molecule has 0 unspecified atom stereocenters. The van der Waals surface area contributed by atoms with Gasteiger partial charge in [0.2, 0.25) is 11.8 Å². The fourth-order valence-electron chi connectivity index (χ4n) is 3.25. The molecule has 0 aromatic heterocycles. The SMILES string of the molecule is CCCc1ccccc1C1=NCCO1.CCc1ccccc1C1=NCCO1. The van der Waals surface area contributed by atoms with Crippen molar-refractivity contribution < 1.29 is 9.47 Å². The lowest BCUT2D eigenvalue weighted by Gasteiger charge is -2.07. The zero-order valence-electron chi connectivity index (χ0n) is 16.3. The number of hydrogen-bond acceptors (Lipinski definition) is 4. The molecule has 0 saturated heterocycles. The average molecular weight is 364 g/mol. The van der Waals surface area contributed by atoms with Gasteiger partial charge in [0.25, 0.3) is 0 Å². The lowest BCUT2D eigenvalue weighted by atomic mass is 10.0. The van der Waals surface area contributed by atoms with Crippen LogP contribution in [0.3, 0.4) is 0 Å². The lowest BCUT2D eigenvalue weighted by Crippen LogP contribution is -2.05. The molecule has 0 saturated carbocycles. The van der Waals surface area contributed by atoms with Crippen LogP contribution in [0.15, 0.2) is 58.5 Å². The van der Waals surface area contributed by atoms with E-state index in [0.29, 0.717) is 0 Å². The average Bonchev–Trinajstić information content (AvgIpc) is 3.43. The predicted octanol–water partition coefficient (Wildman–Crippen LogP) is 4.44. The first-order valence-corrected chi connectivity index (χ1v) is 9.84. The fourth-order valence-corrected chi connectivity index (χ4v) is 3.25. The van der Waals surface area contributed by atoms with Gasteiger partial charge in [0.05, 0.1) is 13.1 Å². The molecular weight excluding hydrogens is 336 g/mol. The summed E-state index contributed by atoms with van der Waals surface area (Å²) in [6.45, 7) is 7.40. The van der Waals surface area contributed by atoms with Gasteiger partial charge in [0.15, 0.2) is 0 Å². The minimum absolute atomic E-state index is 0.730. The third-order valence-corrected chi connectivity index (χ3v) is 4.57. The van der Waals surface area contributed by atoms with Crippen molar-refractivity contribution in [3.05, 3.63) is 70.8 Å². The van der Waals surface area contributed by atoms with Crippen molar-refractivity contribution >= 4 is 11.8 Å². The van der Waals surface area contributed by atoms with Gasteiger partial charge in [-0.3, -0.25) is 0 Å². The van der Waals surface area contributed by atoms with Crippen LogP contribution in [0.5, 0.6) is 0 Å². The molecule has 142 valence electrons. The van der Waals surface area contributed by atoms with Crippen molar-refractivity contribution in [1.29, 1.82) is 0 Å². The summed E-state index contributed by atoms with van der Waals surface area (Å²) in [6, 6.07) is 16.6. The largest absolute Gasteiger partial charge is 0.476 e. The van der Waals surface area contributed by atoms with Crippen molar-refractivity contribution in [2.24, 2.45) is 9.98 Å². The van der Waals surface area contributed by atoms with Crippen LogP contribution in [0, 0.1) is 0 Å². The van der Waals surface area contributed by atoms with Crippen molar-refractivity contribution in [3.63, 3.8) is 0 Å². The van der Waals surface area contributed by atoms with Gasteiger partial charge in [-0.2, -0.15) is 0 Å². The highest BCUT2D eigenvalue weighted by molar-refractivity contribution is 5.96. The Morgan fingerprint density at radius 3 is 1.74 bits per heavy atom. The number of ether oxygens (including phenoxy) is 2. The molecule has 0 atom stereocenters. The zero-order valence-corrected chi connectivity index (χ0v) is 16.3. The molecule has 2 heterocycles. The minimum Gasteiger partial charge on any atom is -0.476 e. The van der Waals surface area contributed by atoms with Crippen molar-refractivity contribution in [1.82, 2.24) is 0 Å². The van der Waals surface area contributed by atoms with E-state index in [1.165, 1.54) is 16.7 Å². The summed E-state index contributed by atoms with van der Waals surface area (Å²) in [7, 11) is 0. The Hall–Kier alpha value is -2.62. The number of benzene rings is 2. The van der Waals surface area contributed by atoms with E-state index < -0.39 is 0 Å². The first kappa shape index (κ1) is 19.2. The zero-order chi connectivity index (χ0) is 18.9. The van der Waals surface area contributed by atoms with Gasteiger partial charge in [0, 0.05) is 11.1 Å². The van der Waals surface area contributed by atoms with E-state index in [0.717, 1.165) is 62.9 Å². The second-order valence-electron chi connectivity index (χ2n) is 6.49. The van der Waals surface area contributed by atoms with E-state index in [9.17, 15) is 0 Å². The highest BCUT2D eigenvalue weighted by Crippen LogP contribution is 2.15. The Bertz CT molecular complexity index is 812. The Morgan fingerprint density at radius 1 is 0.741 bits per heavy atom. The Balaban J connectivity index is 0.000000156. The summed E-state index contributed by atoms with van der Waals surface area (Å²) in [4.78, 5) is 8.65. The van der Waals surface area contributed by atoms with Gasteiger partial charge in [-0.1, -0.05) is 56.7 Å². The fraction of sp³-hybridized carbons (Fsp3) is 0.391. The first-order chi connectivity index (χ1) is 13.3. The molecule has 0 N–H and O–H groups in total. The van der Waals surface area contributed by atoms with Gasteiger partial charge in [-0.15, -0.1) is 0 Å². The summed E-state index contributed by atoms with van der Waals surface area (Å²) in [5, 5.41) is 0. The van der Waals surface area contributed by atoms with Crippen LogP contribution in [0.4, 0.5) is 0 Å². The molecule has 27 heavy (non-hydrogen) atoms.